The summed E-state index contributed by atoms with van der Waals surface area (Å²) < 4.78 is 7.18. The molecule has 1 amide bonds. The lowest BCUT2D eigenvalue weighted by Gasteiger charge is -2.11. The van der Waals surface area contributed by atoms with E-state index in [9.17, 15) is 4.79 Å². The first kappa shape index (κ1) is 21.4. The Labute approximate surface area is 199 Å². The molecule has 3 heterocycles. The third kappa shape index (κ3) is 4.02. The standard InChI is InChI=1S/C23H19ClN8O2/c1-13-11-32(31-22(13)29-19-6-5-18-17(21(19)24)10-27-30-18)15-3-4-16(20(7-15)34-2)23(33)28-14-8-25-12-26-9-14/h3-12H,1-2H3,(H,27,30)(H,28,33)(H,29,31). The fraction of sp³-hybridized carbons (Fsp3) is 0.0870. The lowest BCUT2D eigenvalue weighted by atomic mass is 10.1. The number of H-pyrrole nitrogens is 1. The third-order valence-corrected chi connectivity index (χ3v) is 5.63. The van der Waals surface area contributed by atoms with E-state index in [1.54, 1.807) is 29.1 Å². The molecule has 0 aliphatic heterocycles. The van der Waals surface area contributed by atoms with Crippen molar-refractivity contribution < 1.29 is 9.53 Å². The minimum atomic E-state index is -0.332. The van der Waals surface area contributed by atoms with Gasteiger partial charge in [-0.1, -0.05) is 11.6 Å². The number of methoxy groups -OCH3 is 1. The molecule has 10 nitrogen and oxygen atoms in total. The molecular weight excluding hydrogens is 456 g/mol. The van der Waals surface area contributed by atoms with Crippen molar-refractivity contribution in [2.45, 2.75) is 6.92 Å². The predicted octanol–water partition coefficient (Wildman–Crippen LogP) is 4.50. The average Bonchev–Trinajstić information content (AvgIpc) is 3.48. The van der Waals surface area contributed by atoms with Crippen LogP contribution in [0.2, 0.25) is 5.02 Å². The Balaban J connectivity index is 1.41. The molecule has 3 aromatic heterocycles. The van der Waals surface area contributed by atoms with Crippen LogP contribution in [0.5, 0.6) is 5.75 Å². The quantitative estimate of drug-likeness (QED) is 0.331. The highest BCUT2D eigenvalue weighted by molar-refractivity contribution is 6.38. The first-order valence-electron chi connectivity index (χ1n) is 10.2. The molecule has 2 aromatic carbocycles. The number of anilines is 3. The van der Waals surface area contributed by atoms with Crippen molar-refractivity contribution in [3.8, 4) is 11.4 Å². The molecule has 0 unspecified atom stereocenters. The van der Waals surface area contributed by atoms with E-state index in [0.717, 1.165) is 27.8 Å². The highest BCUT2D eigenvalue weighted by Crippen LogP contribution is 2.33. The molecule has 0 saturated carbocycles. The van der Waals surface area contributed by atoms with Gasteiger partial charge in [0, 0.05) is 23.2 Å². The van der Waals surface area contributed by atoms with Crippen LogP contribution < -0.4 is 15.4 Å². The van der Waals surface area contributed by atoms with Crippen LogP contribution in [0, 0.1) is 6.92 Å². The van der Waals surface area contributed by atoms with Crippen LogP contribution in [0.1, 0.15) is 15.9 Å². The van der Waals surface area contributed by atoms with Crippen molar-refractivity contribution in [3.05, 3.63) is 77.6 Å². The molecule has 3 N–H and O–H groups in total. The number of benzene rings is 2. The van der Waals surface area contributed by atoms with Crippen molar-refractivity contribution in [2.24, 2.45) is 0 Å². The summed E-state index contributed by atoms with van der Waals surface area (Å²) in [6.45, 7) is 1.94. The third-order valence-electron chi connectivity index (χ3n) is 5.22. The second-order valence-corrected chi connectivity index (χ2v) is 7.83. The van der Waals surface area contributed by atoms with Crippen LogP contribution in [0.3, 0.4) is 0 Å². The van der Waals surface area contributed by atoms with Gasteiger partial charge in [-0.15, -0.1) is 5.10 Å². The molecule has 0 aliphatic carbocycles. The number of fused-ring (bicyclic) bond motifs is 1. The van der Waals surface area contributed by atoms with Gasteiger partial charge < -0.3 is 15.4 Å². The van der Waals surface area contributed by atoms with E-state index in [1.807, 2.05) is 25.3 Å². The average molecular weight is 475 g/mol. The maximum absolute atomic E-state index is 12.7. The van der Waals surface area contributed by atoms with E-state index in [2.05, 4.69) is 35.9 Å². The Hall–Kier alpha value is -4.44. The van der Waals surface area contributed by atoms with Gasteiger partial charge in [-0.2, -0.15) is 5.10 Å². The SMILES string of the molecule is COc1cc(-n2cc(C)c(Nc3ccc4[nH]ncc4c3Cl)n2)ccc1C(=O)Nc1cncnc1. The number of hydrogen-bond donors (Lipinski definition) is 3. The first-order valence-corrected chi connectivity index (χ1v) is 10.6. The Morgan fingerprint density at radius 1 is 1.15 bits per heavy atom. The molecule has 0 radical (unpaired) electrons. The molecular formula is C23H19ClN8O2. The van der Waals surface area contributed by atoms with E-state index >= 15 is 0 Å². The van der Waals surface area contributed by atoms with E-state index in [1.165, 1.54) is 25.8 Å². The lowest BCUT2D eigenvalue weighted by molar-refractivity contribution is 0.102. The van der Waals surface area contributed by atoms with Crippen molar-refractivity contribution in [2.75, 3.05) is 17.7 Å². The van der Waals surface area contributed by atoms with Gasteiger partial charge in [0.05, 0.1) is 58.9 Å². The van der Waals surface area contributed by atoms with Crippen molar-refractivity contribution in [1.29, 1.82) is 0 Å². The van der Waals surface area contributed by atoms with Gasteiger partial charge in [-0.05, 0) is 31.2 Å². The normalized spacial score (nSPS) is 10.9. The van der Waals surface area contributed by atoms with E-state index < -0.39 is 0 Å². The molecule has 34 heavy (non-hydrogen) atoms. The Kier molecular flexibility index (Phi) is 5.56. The number of halogens is 1. The highest BCUT2D eigenvalue weighted by atomic mass is 35.5. The number of nitrogens with zero attached hydrogens (tertiary/aromatic N) is 5. The van der Waals surface area contributed by atoms with Crippen molar-refractivity contribution in [1.82, 2.24) is 29.9 Å². The summed E-state index contributed by atoms with van der Waals surface area (Å²) in [6, 6.07) is 8.99. The zero-order valence-corrected chi connectivity index (χ0v) is 19.0. The summed E-state index contributed by atoms with van der Waals surface area (Å²) in [7, 11) is 1.51. The summed E-state index contributed by atoms with van der Waals surface area (Å²) in [4.78, 5) is 20.5. The summed E-state index contributed by atoms with van der Waals surface area (Å²) in [5.74, 6) is 0.721. The van der Waals surface area contributed by atoms with Crippen LogP contribution >= 0.6 is 11.6 Å². The van der Waals surface area contributed by atoms with Crippen LogP contribution in [-0.2, 0) is 0 Å². The van der Waals surface area contributed by atoms with Gasteiger partial charge in [0.15, 0.2) is 5.82 Å². The van der Waals surface area contributed by atoms with Gasteiger partial charge >= 0.3 is 0 Å². The number of aromatic amines is 1. The number of ether oxygens (including phenoxy) is 1. The van der Waals surface area contributed by atoms with Crippen LogP contribution in [-0.4, -0.2) is 43.0 Å². The fourth-order valence-corrected chi connectivity index (χ4v) is 3.76. The van der Waals surface area contributed by atoms with Crippen LogP contribution in [0.15, 0.2) is 61.4 Å². The van der Waals surface area contributed by atoms with E-state index in [-0.39, 0.29) is 5.91 Å². The molecule has 0 spiro atoms. The van der Waals surface area contributed by atoms with Gasteiger partial charge in [-0.3, -0.25) is 9.89 Å². The Morgan fingerprint density at radius 2 is 1.97 bits per heavy atom. The number of aryl methyl sites for hydroxylation is 1. The molecule has 5 aromatic rings. The highest BCUT2D eigenvalue weighted by Gasteiger charge is 2.16. The molecule has 0 atom stereocenters. The van der Waals surface area contributed by atoms with E-state index in [4.69, 9.17) is 16.3 Å². The number of carbonyl (C=O) groups excluding carboxylic acids is 1. The maximum Gasteiger partial charge on any atom is 0.259 e. The summed E-state index contributed by atoms with van der Waals surface area (Å²) in [5.41, 5.74) is 4.08. The second kappa shape index (κ2) is 8.83. The number of carbonyl (C=O) groups is 1. The fourth-order valence-electron chi connectivity index (χ4n) is 3.50. The minimum absolute atomic E-state index is 0.332. The summed E-state index contributed by atoms with van der Waals surface area (Å²) in [5, 5.41) is 19.0. The smallest absolute Gasteiger partial charge is 0.259 e. The summed E-state index contributed by atoms with van der Waals surface area (Å²) in [6.07, 6.45) is 7.99. The number of aromatic nitrogens is 6. The van der Waals surface area contributed by atoms with Gasteiger partial charge in [0.1, 0.15) is 12.1 Å². The minimum Gasteiger partial charge on any atom is -0.496 e. The zero-order valence-electron chi connectivity index (χ0n) is 18.2. The number of nitrogens with one attached hydrogen (secondary N) is 3. The molecule has 0 aliphatic rings. The topological polar surface area (TPSA) is 123 Å². The number of amides is 1. The zero-order chi connectivity index (χ0) is 23.7. The second-order valence-electron chi connectivity index (χ2n) is 7.45. The first-order chi connectivity index (χ1) is 16.5. The summed E-state index contributed by atoms with van der Waals surface area (Å²) >= 11 is 6.53. The number of hydrogen-bond acceptors (Lipinski definition) is 7. The lowest BCUT2D eigenvalue weighted by Crippen LogP contribution is -2.14. The van der Waals surface area contributed by atoms with Crippen molar-refractivity contribution in [3.63, 3.8) is 0 Å². The molecule has 11 heteroatoms. The monoisotopic (exact) mass is 474 g/mol. The van der Waals surface area contributed by atoms with Crippen molar-refractivity contribution >= 4 is 45.6 Å². The van der Waals surface area contributed by atoms with Crippen LogP contribution in [0.25, 0.3) is 16.6 Å². The molecule has 0 saturated heterocycles. The molecule has 0 fully saturated rings. The molecule has 170 valence electrons. The molecule has 0 bridgehead atoms. The Morgan fingerprint density at radius 3 is 2.76 bits per heavy atom. The van der Waals surface area contributed by atoms with Gasteiger partial charge in [-0.25, -0.2) is 14.6 Å². The number of rotatable bonds is 6. The van der Waals surface area contributed by atoms with E-state index in [0.29, 0.717) is 27.8 Å². The predicted molar refractivity (Wildman–Crippen MR) is 129 cm³/mol. The van der Waals surface area contributed by atoms with Crippen LogP contribution in [0.4, 0.5) is 17.2 Å². The largest absolute Gasteiger partial charge is 0.496 e. The maximum atomic E-state index is 12.7. The Bertz CT molecular complexity index is 1500. The van der Waals surface area contributed by atoms with Gasteiger partial charge in [0.25, 0.3) is 5.91 Å². The molecule has 5 rings (SSSR count). The van der Waals surface area contributed by atoms with Gasteiger partial charge in [0.2, 0.25) is 0 Å².